The molecule has 0 aromatic carbocycles. The summed E-state index contributed by atoms with van der Waals surface area (Å²) in [6.07, 6.45) is -1.18. The zero-order chi connectivity index (χ0) is 9.07. The first kappa shape index (κ1) is 10.8. The van der Waals surface area contributed by atoms with Crippen molar-refractivity contribution in [3.63, 3.8) is 0 Å². The summed E-state index contributed by atoms with van der Waals surface area (Å²) in [6.45, 7) is -0.380. The van der Waals surface area contributed by atoms with Gasteiger partial charge in [0.05, 0.1) is 0 Å². The predicted octanol–water partition coefficient (Wildman–Crippen LogP) is -1.91. The lowest BCUT2D eigenvalue weighted by Gasteiger charge is -2.14. The molecule has 6 heteroatoms. The van der Waals surface area contributed by atoms with Crippen molar-refractivity contribution < 1.29 is 23.7 Å². The first-order chi connectivity index (χ1) is 4.89. The molecule has 0 unspecified atom stereocenters. The van der Waals surface area contributed by atoms with Crippen molar-refractivity contribution in [2.45, 2.75) is 18.0 Å². The van der Waals surface area contributed by atoms with Gasteiger partial charge in [-0.15, -0.1) is 0 Å². The van der Waals surface area contributed by atoms with Gasteiger partial charge < -0.3 is 15.3 Å². The van der Waals surface area contributed by atoms with E-state index in [1.165, 1.54) is 0 Å². The number of hydrogen-bond acceptors (Lipinski definition) is 5. The van der Waals surface area contributed by atoms with Gasteiger partial charge in [-0.25, -0.2) is 8.42 Å². The van der Waals surface area contributed by atoms with Crippen LogP contribution in [-0.2, 0) is 9.84 Å². The van der Waals surface area contributed by atoms with Crippen LogP contribution in [0.1, 0.15) is 6.42 Å². The van der Waals surface area contributed by atoms with Crippen LogP contribution < -0.4 is 0 Å². The zero-order valence-electron chi connectivity index (χ0n) is 6.14. The Balaban J connectivity index is 4.36. The van der Waals surface area contributed by atoms with E-state index in [1.54, 1.807) is 0 Å². The van der Waals surface area contributed by atoms with Gasteiger partial charge in [0.2, 0.25) is 0 Å². The normalized spacial score (nSPS) is 15.4. The SMILES string of the molecule is CS(=O)(=O)[C@@H](CCO)C(O)O. The third-order valence-electron chi connectivity index (χ3n) is 1.30. The minimum absolute atomic E-state index is 0.156. The van der Waals surface area contributed by atoms with Gasteiger partial charge in [0.25, 0.3) is 0 Å². The van der Waals surface area contributed by atoms with Crippen LogP contribution in [0, 0.1) is 0 Å². The summed E-state index contributed by atoms with van der Waals surface area (Å²) >= 11 is 0. The summed E-state index contributed by atoms with van der Waals surface area (Å²) in [5.74, 6) is 0. The Bertz CT molecular complexity index is 195. The van der Waals surface area contributed by atoms with Crippen molar-refractivity contribution in [2.24, 2.45) is 0 Å². The van der Waals surface area contributed by atoms with Gasteiger partial charge in [-0.2, -0.15) is 0 Å². The summed E-state index contributed by atoms with van der Waals surface area (Å²) in [7, 11) is -3.49. The lowest BCUT2D eigenvalue weighted by atomic mass is 10.3. The molecule has 1 atom stereocenters. The molecule has 0 saturated carbocycles. The van der Waals surface area contributed by atoms with Crippen molar-refractivity contribution in [1.82, 2.24) is 0 Å². The van der Waals surface area contributed by atoms with E-state index in [0.717, 1.165) is 6.26 Å². The molecule has 0 aliphatic heterocycles. The van der Waals surface area contributed by atoms with Crippen LogP contribution in [0.5, 0.6) is 0 Å². The van der Waals surface area contributed by atoms with E-state index in [1.807, 2.05) is 0 Å². The molecule has 68 valence electrons. The van der Waals surface area contributed by atoms with E-state index < -0.39 is 21.4 Å². The van der Waals surface area contributed by atoms with Gasteiger partial charge in [0.15, 0.2) is 16.1 Å². The maximum Gasteiger partial charge on any atom is 0.168 e. The predicted molar refractivity (Wildman–Crippen MR) is 38.6 cm³/mol. The number of rotatable bonds is 4. The molecule has 0 fully saturated rings. The Kier molecular flexibility index (Phi) is 3.95. The quantitative estimate of drug-likeness (QED) is 0.443. The van der Waals surface area contributed by atoms with E-state index in [0.29, 0.717) is 0 Å². The molecule has 0 aliphatic carbocycles. The highest BCUT2D eigenvalue weighted by Crippen LogP contribution is 2.07. The highest BCUT2D eigenvalue weighted by molar-refractivity contribution is 7.91. The summed E-state index contributed by atoms with van der Waals surface area (Å²) in [6, 6.07) is 0. The molecule has 0 bridgehead atoms. The fourth-order valence-electron chi connectivity index (χ4n) is 0.711. The minimum atomic E-state index is -3.49. The molecule has 0 aromatic heterocycles. The molecule has 0 spiro atoms. The summed E-state index contributed by atoms with van der Waals surface area (Å²) < 4.78 is 21.5. The molecule has 0 aliphatic rings. The van der Waals surface area contributed by atoms with E-state index in [-0.39, 0.29) is 13.0 Å². The lowest BCUT2D eigenvalue weighted by Crippen LogP contribution is -2.34. The Morgan fingerprint density at radius 3 is 1.91 bits per heavy atom. The molecule has 0 radical (unpaired) electrons. The van der Waals surface area contributed by atoms with Gasteiger partial charge in [-0.3, -0.25) is 0 Å². The third kappa shape index (κ3) is 3.66. The van der Waals surface area contributed by atoms with Crippen LogP contribution in [0.3, 0.4) is 0 Å². The maximum atomic E-state index is 10.7. The molecule has 0 rings (SSSR count). The second kappa shape index (κ2) is 4.01. The lowest BCUT2D eigenvalue weighted by molar-refractivity contribution is -0.0450. The maximum absolute atomic E-state index is 10.7. The zero-order valence-corrected chi connectivity index (χ0v) is 6.95. The van der Waals surface area contributed by atoms with Crippen LogP contribution in [0.4, 0.5) is 0 Å². The summed E-state index contributed by atoms with van der Waals surface area (Å²) in [4.78, 5) is 0. The first-order valence-electron chi connectivity index (χ1n) is 3.05. The molecule has 11 heavy (non-hydrogen) atoms. The summed E-state index contributed by atoms with van der Waals surface area (Å²) in [5.41, 5.74) is 0. The van der Waals surface area contributed by atoms with Crippen LogP contribution in [-0.4, -0.2) is 48.1 Å². The summed E-state index contributed by atoms with van der Waals surface area (Å²) in [5, 5.41) is 24.2. The fourth-order valence-corrected chi connectivity index (χ4v) is 1.69. The molecule has 3 N–H and O–H groups in total. The van der Waals surface area contributed by atoms with Crippen molar-refractivity contribution in [3.05, 3.63) is 0 Å². The molecule has 5 nitrogen and oxygen atoms in total. The van der Waals surface area contributed by atoms with Crippen LogP contribution in [0.25, 0.3) is 0 Å². The van der Waals surface area contributed by atoms with Crippen molar-refractivity contribution in [1.29, 1.82) is 0 Å². The average molecular weight is 184 g/mol. The second-order valence-corrected chi connectivity index (χ2v) is 4.56. The second-order valence-electron chi connectivity index (χ2n) is 2.29. The Labute approximate surface area is 65.2 Å². The monoisotopic (exact) mass is 184 g/mol. The van der Waals surface area contributed by atoms with Gasteiger partial charge >= 0.3 is 0 Å². The standard InChI is InChI=1S/C5H12O5S/c1-11(9,10)4(2-3-6)5(7)8/h4-8H,2-3H2,1H3/t4-/m0/s1. The van der Waals surface area contributed by atoms with Crippen molar-refractivity contribution in [2.75, 3.05) is 12.9 Å². The van der Waals surface area contributed by atoms with E-state index in [2.05, 4.69) is 0 Å². The van der Waals surface area contributed by atoms with Crippen molar-refractivity contribution in [3.8, 4) is 0 Å². The Hall–Kier alpha value is -0.170. The first-order valence-corrected chi connectivity index (χ1v) is 5.01. The molecular formula is C5H12O5S. The molecular weight excluding hydrogens is 172 g/mol. The number of aliphatic hydroxyl groups is 3. The third-order valence-corrected chi connectivity index (χ3v) is 2.88. The van der Waals surface area contributed by atoms with Crippen LogP contribution in [0.15, 0.2) is 0 Å². The topological polar surface area (TPSA) is 94.8 Å². The molecule has 0 aromatic rings. The minimum Gasteiger partial charge on any atom is -0.396 e. The highest BCUT2D eigenvalue weighted by Gasteiger charge is 2.26. The van der Waals surface area contributed by atoms with Gasteiger partial charge in [-0.05, 0) is 6.42 Å². The number of hydrogen-bond donors (Lipinski definition) is 3. The number of aliphatic hydroxyl groups excluding tert-OH is 2. The largest absolute Gasteiger partial charge is 0.396 e. The molecule has 0 saturated heterocycles. The smallest absolute Gasteiger partial charge is 0.168 e. The van der Waals surface area contributed by atoms with Crippen LogP contribution >= 0.6 is 0 Å². The molecule has 0 heterocycles. The molecule has 0 amide bonds. The Morgan fingerprint density at radius 1 is 1.36 bits per heavy atom. The van der Waals surface area contributed by atoms with E-state index in [4.69, 9.17) is 15.3 Å². The van der Waals surface area contributed by atoms with E-state index >= 15 is 0 Å². The fraction of sp³-hybridized carbons (Fsp3) is 1.00. The number of sulfone groups is 1. The van der Waals surface area contributed by atoms with Gasteiger partial charge in [0, 0.05) is 12.9 Å². The average Bonchev–Trinajstić information content (AvgIpc) is 1.79. The van der Waals surface area contributed by atoms with Gasteiger partial charge in [0.1, 0.15) is 5.25 Å². The van der Waals surface area contributed by atoms with Crippen molar-refractivity contribution >= 4 is 9.84 Å². The van der Waals surface area contributed by atoms with Crippen LogP contribution in [0.2, 0.25) is 0 Å². The highest BCUT2D eigenvalue weighted by atomic mass is 32.2. The Morgan fingerprint density at radius 2 is 1.82 bits per heavy atom. The van der Waals surface area contributed by atoms with Gasteiger partial charge in [-0.1, -0.05) is 0 Å². The van der Waals surface area contributed by atoms with E-state index in [9.17, 15) is 8.42 Å².